The molecule has 0 saturated carbocycles. The summed E-state index contributed by atoms with van der Waals surface area (Å²) in [4.78, 5) is 0. The highest BCUT2D eigenvalue weighted by molar-refractivity contribution is 14.1. The van der Waals surface area contributed by atoms with Crippen molar-refractivity contribution < 1.29 is 13.2 Å². The fourth-order valence-corrected chi connectivity index (χ4v) is 2.64. The van der Waals surface area contributed by atoms with Crippen LogP contribution in [0.2, 0.25) is 0 Å². The Hall–Kier alpha value is -0.930. The molecule has 0 heterocycles. The summed E-state index contributed by atoms with van der Waals surface area (Å²) in [6, 6.07) is 11.0. The van der Waals surface area contributed by atoms with E-state index < -0.39 is 10.9 Å². The summed E-state index contributed by atoms with van der Waals surface area (Å²) in [6.45, 7) is 0. The van der Waals surface area contributed by atoms with Gasteiger partial charge in [-0.1, -0.05) is 23.9 Å². The molecule has 0 aliphatic rings. The minimum atomic E-state index is -4.33. The van der Waals surface area contributed by atoms with Gasteiger partial charge in [-0.25, -0.2) is 0 Å². The van der Waals surface area contributed by atoms with Gasteiger partial charge in [0.15, 0.2) is 0 Å². The third-order valence-corrected chi connectivity index (χ3v) is 4.10. The predicted octanol–water partition coefficient (Wildman–Crippen LogP) is 4.51. The van der Waals surface area contributed by atoms with E-state index in [9.17, 15) is 13.2 Å². The maximum atomic E-state index is 12.1. The smallest absolute Gasteiger partial charge is 0.197 e. The van der Waals surface area contributed by atoms with Crippen LogP contribution in [0.3, 0.4) is 0 Å². The van der Waals surface area contributed by atoms with Gasteiger partial charge in [0.1, 0.15) is 5.41 Å². The largest absolute Gasteiger partial charge is 0.441 e. The van der Waals surface area contributed by atoms with Crippen LogP contribution in [0.25, 0.3) is 0 Å². The first kappa shape index (κ1) is 17.1. The van der Waals surface area contributed by atoms with Crippen LogP contribution in [-0.2, 0) is 6.42 Å². The molecule has 0 saturated heterocycles. The summed E-state index contributed by atoms with van der Waals surface area (Å²) in [7, 11) is 0. The second-order valence-corrected chi connectivity index (χ2v) is 6.56. The van der Waals surface area contributed by atoms with E-state index in [2.05, 4.69) is 22.6 Å². The molecule has 0 unspecified atom stereocenters. The SMILES string of the molecule is N#CC(C#N)(CCSC(F)(F)F)Cc1ccc(I)cc1. The summed E-state index contributed by atoms with van der Waals surface area (Å²) in [5.41, 5.74) is -4.98. The molecular weight excluding hydrogens is 400 g/mol. The Balaban J connectivity index is 2.75. The Morgan fingerprint density at radius 1 is 1.10 bits per heavy atom. The number of hydrogen-bond acceptors (Lipinski definition) is 3. The van der Waals surface area contributed by atoms with Crippen molar-refractivity contribution in [3.63, 3.8) is 0 Å². The maximum absolute atomic E-state index is 12.1. The molecule has 0 radical (unpaired) electrons. The molecule has 0 aliphatic carbocycles. The summed E-state index contributed by atoms with van der Waals surface area (Å²) >= 11 is 1.93. The Morgan fingerprint density at radius 2 is 1.65 bits per heavy atom. The second-order valence-electron chi connectivity index (χ2n) is 4.15. The molecule has 0 atom stereocenters. The van der Waals surface area contributed by atoms with Crippen molar-refractivity contribution in [3.8, 4) is 12.1 Å². The average molecular weight is 410 g/mol. The zero-order chi connectivity index (χ0) is 15.2. The van der Waals surface area contributed by atoms with Crippen LogP contribution >= 0.6 is 34.4 Å². The van der Waals surface area contributed by atoms with Gasteiger partial charge in [0, 0.05) is 15.7 Å². The van der Waals surface area contributed by atoms with Crippen molar-refractivity contribution >= 4 is 34.4 Å². The molecule has 0 fully saturated rings. The van der Waals surface area contributed by atoms with Crippen LogP contribution in [0, 0.1) is 31.6 Å². The van der Waals surface area contributed by atoms with E-state index in [-0.39, 0.29) is 30.4 Å². The quantitative estimate of drug-likeness (QED) is 0.672. The van der Waals surface area contributed by atoms with Crippen LogP contribution in [-0.4, -0.2) is 11.3 Å². The zero-order valence-corrected chi connectivity index (χ0v) is 13.2. The zero-order valence-electron chi connectivity index (χ0n) is 10.2. The lowest BCUT2D eigenvalue weighted by Crippen LogP contribution is -2.21. The summed E-state index contributed by atoms with van der Waals surface area (Å²) in [6.07, 6.45) is 0.0193. The molecule has 1 rings (SSSR count). The van der Waals surface area contributed by atoms with Crippen molar-refractivity contribution in [1.29, 1.82) is 10.5 Å². The second kappa shape index (κ2) is 7.19. The van der Waals surface area contributed by atoms with E-state index in [1.165, 1.54) is 0 Å². The van der Waals surface area contributed by atoms with Crippen molar-refractivity contribution in [3.05, 3.63) is 33.4 Å². The highest BCUT2D eigenvalue weighted by Crippen LogP contribution is 2.35. The highest BCUT2D eigenvalue weighted by atomic mass is 127. The molecule has 0 bridgehead atoms. The maximum Gasteiger partial charge on any atom is 0.441 e. The third-order valence-electron chi connectivity index (χ3n) is 2.64. The van der Waals surface area contributed by atoms with E-state index in [4.69, 9.17) is 10.5 Å². The fraction of sp³-hybridized carbons (Fsp3) is 0.385. The van der Waals surface area contributed by atoms with Crippen LogP contribution in [0.5, 0.6) is 0 Å². The number of thioether (sulfide) groups is 1. The van der Waals surface area contributed by atoms with Gasteiger partial charge < -0.3 is 0 Å². The monoisotopic (exact) mass is 410 g/mol. The fourth-order valence-electron chi connectivity index (χ4n) is 1.60. The Bertz CT molecular complexity index is 515. The van der Waals surface area contributed by atoms with E-state index in [1.807, 2.05) is 24.3 Å². The Morgan fingerprint density at radius 3 is 2.10 bits per heavy atom. The lowest BCUT2D eigenvalue weighted by molar-refractivity contribution is -0.0328. The van der Waals surface area contributed by atoms with Gasteiger partial charge in [-0.3, -0.25) is 0 Å². The molecule has 2 nitrogen and oxygen atoms in total. The normalized spacial score (nSPS) is 11.7. The number of rotatable bonds is 5. The summed E-state index contributed by atoms with van der Waals surface area (Å²) in [5.74, 6) is -0.297. The highest BCUT2D eigenvalue weighted by Gasteiger charge is 2.34. The predicted molar refractivity (Wildman–Crippen MR) is 79.7 cm³/mol. The molecule has 106 valence electrons. The standard InChI is InChI=1S/C13H10F3IN2S/c14-13(15,16)20-6-5-12(8-18,9-19)7-10-1-3-11(17)4-2-10/h1-4H,5-7H2. The van der Waals surface area contributed by atoms with Crippen LogP contribution in [0.4, 0.5) is 13.2 Å². The van der Waals surface area contributed by atoms with Gasteiger partial charge >= 0.3 is 5.51 Å². The minimum absolute atomic E-state index is 0.115. The number of alkyl halides is 3. The average Bonchev–Trinajstić information content (AvgIpc) is 2.39. The topological polar surface area (TPSA) is 47.6 Å². The van der Waals surface area contributed by atoms with E-state index in [0.717, 1.165) is 9.13 Å². The van der Waals surface area contributed by atoms with Gasteiger partial charge in [0.05, 0.1) is 12.1 Å². The van der Waals surface area contributed by atoms with Gasteiger partial charge in [0.2, 0.25) is 0 Å². The number of hydrogen-bond donors (Lipinski definition) is 0. The lowest BCUT2D eigenvalue weighted by atomic mass is 9.82. The molecule has 0 spiro atoms. The summed E-state index contributed by atoms with van der Waals surface area (Å²) in [5, 5.41) is 18.3. The summed E-state index contributed by atoms with van der Waals surface area (Å²) < 4.78 is 37.3. The van der Waals surface area contributed by atoms with Crippen molar-refractivity contribution in [2.24, 2.45) is 5.41 Å². The molecular formula is C13H10F3IN2S. The van der Waals surface area contributed by atoms with E-state index >= 15 is 0 Å². The van der Waals surface area contributed by atoms with Gasteiger partial charge in [-0.05, 0) is 46.7 Å². The molecule has 0 amide bonds. The molecule has 1 aromatic carbocycles. The number of nitrogens with zero attached hydrogens (tertiary/aromatic N) is 2. The molecule has 0 aromatic heterocycles. The van der Waals surface area contributed by atoms with Gasteiger partial charge in [-0.2, -0.15) is 23.7 Å². The van der Waals surface area contributed by atoms with E-state index in [0.29, 0.717) is 0 Å². The van der Waals surface area contributed by atoms with E-state index in [1.54, 1.807) is 12.1 Å². The number of halogens is 4. The minimum Gasteiger partial charge on any atom is -0.197 e. The molecule has 1 aromatic rings. The first-order chi connectivity index (χ1) is 9.30. The molecule has 20 heavy (non-hydrogen) atoms. The lowest BCUT2D eigenvalue weighted by Gasteiger charge is -2.18. The van der Waals surface area contributed by atoms with Gasteiger partial charge in [0.25, 0.3) is 0 Å². The van der Waals surface area contributed by atoms with Crippen LogP contribution in [0.1, 0.15) is 12.0 Å². The van der Waals surface area contributed by atoms with Crippen molar-refractivity contribution in [1.82, 2.24) is 0 Å². The van der Waals surface area contributed by atoms with Crippen molar-refractivity contribution in [2.45, 2.75) is 18.3 Å². The first-order valence-corrected chi connectivity index (χ1v) is 7.64. The van der Waals surface area contributed by atoms with Gasteiger partial charge in [-0.15, -0.1) is 0 Å². The van der Waals surface area contributed by atoms with Crippen molar-refractivity contribution in [2.75, 3.05) is 5.75 Å². The Kier molecular flexibility index (Phi) is 6.15. The number of nitriles is 2. The third kappa shape index (κ3) is 5.59. The van der Waals surface area contributed by atoms with Crippen LogP contribution < -0.4 is 0 Å². The molecule has 7 heteroatoms. The first-order valence-electron chi connectivity index (χ1n) is 5.58. The molecule has 0 N–H and O–H groups in total. The molecule has 0 aliphatic heterocycles. The Labute approximate surface area is 133 Å². The number of benzene rings is 1. The van der Waals surface area contributed by atoms with Crippen LogP contribution in [0.15, 0.2) is 24.3 Å².